The summed E-state index contributed by atoms with van der Waals surface area (Å²) in [6.45, 7) is 1.94. The fourth-order valence-corrected chi connectivity index (χ4v) is 3.81. The van der Waals surface area contributed by atoms with E-state index in [4.69, 9.17) is 33.3 Å². The Kier molecular flexibility index (Phi) is 7.29. The molecule has 0 saturated heterocycles. The number of carbonyl (C=O) groups is 1. The lowest BCUT2D eigenvalue weighted by molar-refractivity contribution is -0.385. The van der Waals surface area contributed by atoms with Crippen molar-refractivity contribution in [2.45, 2.75) is 13.0 Å². The number of methoxy groups -OCH3 is 1. The maximum atomic E-state index is 13.0. The van der Waals surface area contributed by atoms with E-state index in [1.807, 2.05) is 0 Å². The van der Waals surface area contributed by atoms with Crippen molar-refractivity contribution in [3.8, 4) is 5.75 Å². The third kappa shape index (κ3) is 4.82. The van der Waals surface area contributed by atoms with Gasteiger partial charge in [0.1, 0.15) is 6.61 Å². The summed E-state index contributed by atoms with van der Waals surface area (Å²) in [7, 11) is 1.49. The monoisotopic (exact) mass is 477 g/mol. The molecule has 2 aromatic carbocycles. The Morgan fingerprint density at radius 2 is 1.97 bits per heavy atom. The second-order valence-corrected chi connectivity index (χ2v) is 7.65. The lowest BCUT2D eigenvalue weighted by Crippen LogP contribution is -2.48. The Labute approximate surface area is 194 Å². The van der Waals surface area contributed by atoms with Crippen LogP contribution in [0.5, 0.6) is 5.75 Å². The van der Waals surface area contributed by atoms with Crippen molar-refractivity contribution in [3.05, 3.63) is 74.4 Å². The van der Waals surface area contributed by atoms with Crippen LogP contribution >= 0.6 is 23.8 Å². The smallest absolute Gasteiger partial charge is 0.338 e. The van der Waals surface area contributed by atoms with Crippen molar-refractivity contribution in [3.63, 3.8) is 0 Å². The van der Waals surface area contributed by atoms with Gasteiger partial charge in [-0.25, -0.2) is 4.79 Å². The van der Waals surface area contributed by atoms with Crippen molar-refractivity contribution in [2.24, 2.45) is 0 Å². The molecule has 0 fully saturated rings. The molecule has 1 heterocycles. The molecule has 1 aliphatic heterocycles. The van der Waals surface area contributed by atoms with Crippen LogP contribution in [0.15, 0.2) is 53.7 Å². The molecule has 0 aromatic heterocycles. The van der Waals surface area contributed by atoms with Crippen LogP contribution in [0, 0.1) is 10.1 Å². The number of esters is 1. The van der Waals surface area contributed by atoms with E-state index in [-0.39, 0.29) is 23.9 Å². The number of hydrogen-bond acceptors (Lipinski definition) is 7. The van der Waals surface area contributed by atoms with E-state index in [1.54, 1.807) is 36.1 Å². The molecule has 1 atom stereocenters. The number of nitro groups is 1. The number of aromatic hydroxyl groups is 1. The summed E-state index contributed by atoms with van der Waals surface area (Å²) >= 11 is 11.5. The molecule has 0 amide bonds. The number of thiocarbonyl (C=S) groups is 1. The molecule has 11 heteroatoms. The van der Waals surface area contributed by atoms with Crippen LogP contribution in [-0.4, -0.2) is 41.4 Å². The molecule has 0 radical (unpaired) electrons. The van der Waals surface area contributed by atoms with Crippen LogP contribution in [0.4, 0.5) is 11.4 Å². The molecule has 0 aliphatic carbocycles. The largest absolute Gasteiger partial charge is 0.502 e. The zero-order valence-electron chi connectivity index (χ0n) is 17.2. The highest BCUT2D eigenvalue weighted by molar-refractivity contribution is 7.80. The molecule has 1 unspecified atom stereocenters. The first-order valence-corrected chi connectivity index (χ1v) is 10.2. The number of carbonyl (C=O) groups excluding carboxylic acids is 1. The standard InChI is InChI=1S/C21H20ClN3O6S/c1-12-18(20(27)31-10-9-30-2)19(13-3-8-17(26)16(11-13)25(28)29)23-21(32)24(12)15-6-4-14(22)5-7-15/h3-8,11,19,26H,9-10H2,1-2H3,(H,23,32). The third-order valence-electron chi connectivity index (χ3n) is 4.84. The zero-order chi connectivity index (χ0) is 23.4. The fraction of sp³-hybridized carbons (Fsp3) is 0.238. The van der Waals surface area contributed by atoms with Gasteiger partial charge in [-0.2, -0.15) is 0 Å². The van der Waals surface area contributed by atoms with Gasteiger partial charge in [-0.1, -0.05) is 17.7 Å². The third-order valence-corrected chi connectivity index (χ3v) is 5.39. The Morgan fingerprint density at radius 3 is 2.59 bits per heavy atom. The van der Waals surface area contributed by atoms with E-state index in [0.717, 1.165) is 0 Å². The highest BCUT2D eigenvalue weighted by Gasteiger charge is 2.36. The van der Waals surface area contributed by atoms with Gasteiger partial charge in [-0.3, -0.25) is 15.0 Å². The number of nitro benzene ring substituents is 1. The number of ether oxygens (including phenoxy) is 2. The van der Waals surface area contributed by atoms with E-state index in [9.17, 15) is 20.0 Å². The summed E-state index contributed by atoms with van der Waals surface area (Å²) in [5.74, 6) is -1.11. The highest BCUT2D eigenvalue weighted by atomic mass is 35.5. The first-order chi connectivity index (χ1) is 15.2. The molecule has 168 valence electrons. The van der Waals surface area contributed by atoms with Crippen molar-refractivity contribution >= 4 is 46.3 Å². The molecule has 1 aliphatic rings. The van der Waals surface area contributed by atoms with E-state index in [2.05, 4.69) is 5.32 Å². The molecule has 9 nitrogen and oxygen atoms in total. The molecular weight excluding hydrogens is 458 g/mol. The quantitative estimate of drug-likeness (QED) is 0.202. The van der Waals surface area contributed by atoms with Crippen LogP contribution in [0.1, 0.15) is 18.5 Å². The predicted octanol–water partition coefficient (Wildman–Crippen LogP) is 3.85. The topological polar surface area (TPSA) is 114 Å². The van der Waals surface area contributed by atoms with Gasteiger partial charge < -0.3 is 19.9 Å². The number of benzene rings is 2. The van der Waals surface area contributed by atoms with E-state index >= 15 is 0 Å². The minimum atomic E-state index is -0.833. The molecule has 0 saturated carbocycles. The van der Waals surface area contributed by atoms with Crippen molar-refractivity contribution in [1.82, 2.24) is 5.32 Å². The van der Waals surface area contributed by atoms with Crippen LogP contribution < -0.4 is 10.2 Å². The number of hydrogen-bond donors (Lipinski definition) is 2. The predicted molar refractivity (Wildman–Crippen MR) is 123 cm³/mol. The second kappa shape index (κ2) is 9.94. The maximum absolute atomic E-state index is 13.0. The minimum absolute atomic E-state index is 0.0277. The Bertz CT molecular complexity index is 1090. The van der Waals surface area contributed by atoms with Crippen LogP contribution in [0.2, 0.25) is 5.02 Å². The average molecular weight is 478 g/mol. The van der Waals surface area contributed by atoms with E-state index in [0.29, 0.717) is 22.0 Å². The number of phenols is 1. The van der Waals surface area contributed by atoms with Gasteiger partial charge in [0, 0.05) is 29.6 Å². The second-order valence-electron chi connectivity index (χ2n) is 6.83. The van der Waals surface area contributed by atoms with Gasteiger partial charge in [0.2, 0.25) is 0 Å². The van der Waals surface area contributed by atoms with Gasteiger partial charge in [0.05, 0.1) is 23.1 Å². The summed E-state index contributed by atoms with van der Waals surface area (Å²) in [4.78, 5) is 25.3. The van der Waals surface area contributed by atoms with Gasteiger partial charge >= 0.3 is 11.7 Å². The summed E-state index contributed by atoms with van der Waals surface area (Å²) in [5, 5.41) is 25.0. The Morgan fingerprint density at radius 1 is 1.28 bits per heavy atom. The lowest BCUT2D eigenvalue weighted by atomic mass is 9.94. The number of rotatable bonds is 7. The van der Waals surface area contributed by atoms with Crippen LogP contribution in [0.25, 0.3) is 0 Å². The number of nitrogens with one attached hydrogen (secondary N) is 1. The van der Waals surface area contributed by atoms with Crippen molar-refractivity contribution in [2.75, 3.05) is 25.2 Å². The molecule has 2 aromatic rings. The van der Waals surface area contributed by atoms with Gasteiger partial charge in [0.25, 0.3) is 0 Å². The van der Waals surface area contributed by atoms with Crippen molar-refractivity contribution in [1.29, 1.82) is 0 Å². The van der Waals surface area contributed by atoms with Crippen LogP contribution in [0.3, 0.4) is 0 Å². The number of anilines is 1. The first kappa shape index (κ1) is 23.5. The van der Waals surface area contributed by atoms with E-state index in [1.165, 1.54) is 25.3 Å². The molecule has 0 bridgehead atoms. The number of nitrogens with zero attached hydrogens (tertiary/aromatic N) is 2. The SMILES string of the molecule is COCCOC(=O)C1=C(C)N(c2ccc(Cl)cc2)C(=S)NC1c1ccc(O)c([N+](=O)[O-])c1. The number of phenolic OH excluding ortho intramolecular Hbond substituents is 1. The average Bonchev–Trinajstić information content (AvgIpc) is 2.75. The first-order valence-electron chi connectivity index (χ1n) is 9.45. The molecule has 32 heavy (non-hydrogen) atoms. The normalized spacial score (nSPS) is 16.0. The summed E-state index contributed by atoms with van der Waals surface area (Å²) < 4.78 is 10.3. The molecular formula is C21H20ClN3O6S. The minimum Gasteiger partial charge on any atom is -0.502 e. The Hall–Kier alpha value is -3.21. The van der Waals surface area contributed by atoms with Gasteiger partial charge in [-0.15, -0.1) is 0 Å². The summed E-state index contributed by atoms with van der Waals surface area (Å²) in [5.41, 5.74) is 1.25. The summed E-state index contributed by atoms with van der Waals surface area (Å²) in [6.07, 6.45) is 0. The maximum Gasteiger partial charge on any atom is 0.338 e. The van der Waals surface area contributed by atoms with Crippen molar-refractivity contribution < 1.29 is 24.3 Å². The lowest BCUT2D eigenvalue weighted by Gasteiger charge is -2.37. The van der Waals surface area contributed by atoms with Gasteiger partial charge in [-0.05, 0) is 55.0 Å². The molecule has 3 rings (SSSR count). The molecule has 0 spiro atoms. The highest BCUT2D eigenvalue weighted by Crippen LogP contribution is 2.37. The zero-order valence-corrected chi connectivity index (χ0v) is 18.8. The van der Waals surface area contributed by atoms with Crippen LogP contribution in [-0.2, 0) is 14.3 Å². The number of allylic oxidation sites excluding steroid dienone is 1. The Balaban J connectivity index is 2.11. The number of halogens is 1. The van der Waals surface area contributed by atoms with Gasteiger partial charge in [0.15, 0.2) is 10.9 Å². The van der Waals surface area contributed by atoms with E-state index < -0.39 is 28.4 Å². The fourth-order valence-electron chi connectivity index (χ4n) is 3.32. The molecule has 2 N–H and O–H groups in total. The summed E-state index contributed by atoms with van der Waals surface area (Å²) in [6, 6.07) is 9.93.